The second-order valence-corrected chi connectivity index (χ2v) is 7.12. The van der Waals surface area contributed by atoms with Crippen LogP contribution in [0, 0.1) is 0 Å². The predicted molar refractivity (Wildman–Crippen MR) is 66.3 cm³/mol. The van der Waals surface area contributed by atoms with Gasteiger partial charge in [-0.2, -0.15) is 5.10 Å². The molecule has 0 amide bonds. The summed E-state index contributed by atoms with van der Waals surface area (Å²) in [6.07, 6.45) is 0. The van der Waals surface area contributed by atoms with E-state index in [1.54, 1.807) is 11.7 Å². The van der Waals surface area contributed by atoms with Crippen LogP contribution < -0.4 is 0 Å². The van der Waals surface area contributed by atoms with Crippen molar-refractivity contribution in [1.82, 2.24) is 14.1 Å². The number of likely N-dealkylation sites (N-methyl/N-ethyl adjacent to an activating group) is 1. The molecule has 1 aliphatic heterocycles. The molecule has 0 fully saturated rings. The largest absolute Gasteiger partial charge is 0.252 e. The van der Waals surface area contributed by atoms with E-state index in [2.05, 4.69) is 18.9 Å². The van der Waals surface area contributed by atoms with E-state index < -0.39 is 10.0 Å². The predicted octanol–water partition coefficient (Wildman–Crippen LogP) is 1.34. The van der Waals surface area contributed by atoms with Crippen LogP contribution in [0.4, 0.5) is 0 Å². The first-order chi connectivity index (χ1) is 7.81. The Balaban J connectivity index is 2.48. The molecule has 0 saturated heterocycles. The SMILES string of the molecule is CC(C)c1cc2n(n1)CS(=O)(=O)N(C)CC2C. The van der Waals surface area contributed by atoms with Crippen LogP contribution in [0.5, 0.6) is 0 Å². The molecule has 0 radical (unpaired) electrons. The Kier molecular flexibility index (Phi) is 3.03. The summed E-state index contributed by atoms with van der Waals surface area (Å²) in [5.41, 5.74) is 1.98. The molecule has 17 heavy (non-hydrogen) atoms. The average molecular weight is 257 g/mol. The first-order valence-corrected chi connectivity index (χ1v) is 7.44. The van der Waals surface area contributed by atoms with Gasteiger partial charge in [0.25, 0.3) is 0 Å². The van der Waals surface area contributed by atoms with Gasteiger partial charge in [-0.05, 0) is 12.0 Å². The molecule has 0 saturated carbocycles. The van der Waals surface area contributed by atoms with E-state index >= 15 is 0 Å². The standard InChI is InChI=1S/C11H19N3O2S/c1-8(2)10-5-11-9(3)6-13(4)17(15,16)7-14(11)12-10/h5,8-9H,6-7H2,1-4H3. The van der Waals surface area contributed by atoms with Gasteiger partial charge in [0, 0.05) is 25.2 Å². The van der Waals surface area contributed by atoms with Gasteiger partial charge in [-0.25, -0.2) is 12.7 Å². The van der Waals surface area contributed by atoms with Gasteiger partial charge >= 0.3 is 0 Å². The smallest absolute Gasteiger partial charge is 0.234 e. The number of hydrogen-bond acceptors (Lipinski definition) is 3. The maximum Gasteiger partial charge on any atom is 0.234 e. The highest BCUT2D eigenvalue weighted by Gasteiger charge is 2.29. The highest BCUT2D eigenvalue weighted by atomic mass is 32.2. The van der Waals surface area contributed by atoms with E-state index in [0.29, 0.717) is 12.5 Å². The molecule has 2 rings (SSSR count). The summed E-state index contributed by atoms with van der Waals surface area (Å²) in [6, 6.07) is 2.03. The number of nitrogens with zero attached hydrogens (tertiary/aromatic N) is 3. The normalized spacial score (nSPS) is 24.6. The summed E-state index contributed by atoms with van der Waals surface area (Å²) < 4.78 is 27.0. The molecular formula is C11H19N3O2S. The van der Waals surface area contributed by atoms with Crippen molar-refractivity contribution in [1.29, 1.82) is 0 Å². The summed E-state index contributed by atoms with van der Waals surface area (Å²) in [7, 11) is -1.60. The van der Waals surface area contributed by atoms with Gasteiger partial charge in [0.15, 0.2) is 5.88 Å². The zero-order valence-corrected chi connectivity index (χ0v) is 11.5. The van der Waals surface area contributed by atoms with Crippen LogP contribution in [0.2, 0.25) is 0 Å². The molecular weight excluding hydrogens is 238 g/mol. The maximum atomic E-state index is 12.0. The molecule has 1 unspecified atom stereocenters. The van der Waals surface area contributed by atoms with Gasteiger partial charge < -0.3 is 0 Å². The monoisotopic (exact) mass is 257 g/mol. The van der Waals surface area contributed by atoms with E-state index in [1.807, 2.05) is 13.0 Å². The second-order valence-electron chi connectivity index (χ2n) is 5.07. The van der Waals surface area contributed by atoms with E-state index in [-0.39, 0.29) is 11.8 Å². The zero-order valence-electron chi connectivity index (χ0n) is 10.7. The van der Waals surface area contributed by atoms with Gasteiger partial charge in [0.2, 0.25) is 10.0 Å². The van der Waals surface area contributed by atoms with Crippen molar-refractivity contribution in [3.8, 4) is 0 Å². The number of aromatic nitrogens is 2. The van der Waals surface area contributed by atoms with Gasteiger partial charge in [0.1, 0.15) is 0 Å². The molecule has 0 aliphatic carbocycles. The Hall–Kier alpha value is -0.880. The van der Waals surface area contributed by atoms with Crippen molar-refractivity contribution >= 4 is 10.0 Å². The van der Waals surface area contributed by atoms with Gasteiger partial charge in [0.05, 0.1) is 5.69 Å². The third-order valence-electron chi connectivity index (χ3n) is 3.22. The van der Waals surface area contributed by atoms with Crippen molar-refractivity contribution in [2.24, 2.45) is 0 Å². The van der Waals surface area contributed by atoms with E-state index in [9.17, 15) is 8.42 Å². The van der Waals surface area contributed by atoms with Crippen LogP contribution in [0.15, 0.2) is 6.07 Å². The highest BCUT2D eigenvalue weighted by Crippen LogP contribution is 2.26. The Morgan fingerprint density at radius 1 is 1.47 bits per heavy atom. The molecule has 6 heteroatoms. The summed E-state index contributed by atoms with van der Waals surface area (Å²) >= 11 is 0. The number of fused-ring (bicyclic) bond motifs is 1. The Bertz CT molecular complexity index is 519. The fourth-order valence-electron chi connectivity index (χ4n) is 2.08. The molecule has 1 aromatic heterocycles. The van der Waals surface area contributed by atoms with Gasteiger partial charge in [-0.15, -0.1) is 0 Å². The first-order valence-electron chi connectivity index (χ1n) is 5.83. The van der Waals surface area contributed by atoms with Crippen LogP contribution >= 0.6 is 0 Å². The second kappa shape index (κ2) is 4.10. The molecule has 0 aromatic carbocycles. The molecule has 0 N–H and O–H groups in total. The quantitative estimate of drug-likeness (QED) is 0.763. The summed E-state index contributed by atoms with van der Waals surface area (Å²) in [4.78, 5) is 0. The first kappa shape index (κ1) is 12.6. The molecule has 0 spiro atoms. The summed E-state index contributed by atoms with van der Waals surface area (Å²) in [6.45, 7) is 6.68. The minimum absolute atomic E-state index is 0.0457. The fourth-order valence-corrected chi connectivity index (χ4v) is 3.24. The lowest BCUT2D eigenvalue weighted by Crippen LogP contribution is -2.29. The van der Waals surface area contributed by atoms with Crippen LogP contribution in [-0.2, 0) is 15.9 Å². The third-order valence-corrected chi connectivity index (χ3v) is 4.89. The van der Waals surface area contributed by atoms with E-state index in [0.717, 1.165) is 11.4 Å². The van der Waals surface area contributed by atoms with E-state index in [1.165, 1.54) is 4.31 Å². The maximum absolute atomic E-state index is 12.0. The number of sulfonamides is 1. The molecule has 1 atom stereocenters. The highest BCUT2D eigenvalue weighted by molar-refractivity contribution is 7.88. The average Bonchev–Trinajstić information content (AvgIpc) is 2.57. The van der Waals surface area contributed by atoms with Gasteiger partial charge in [-0.1, -0.05) is 20.8 Å². The van der Waals surface area contributed by atoms with Crippen molar-refractivity contribution in [2.45, 2.75) is 38.5 Å². The Morgan fingerprint density at radius 2 is 2.12 bits per heavy atom. The van der Waals surface area contributed by atoms with E-state index in [4.69, 9.17) is 0 Å². The van der Waals surface area contributed by atoms with Crippen molar-refractivity contribution in [3.63, 3.8) is 0 Å². The van der Waals surface area contributed by atoms with Gasteiger partial charge in [-0.3, -0.25) is 4.68 Å². The fraction of sp³-hybridized carbons (Fsp3) is 0.727. The lowest BCUT2D eigenvalue weighted by Gasteiger charge is -2.15. The third kappa shape index (κ3) is 2.24. The zero-order chi connectivity index (χ0) is 12.8. The molecule has 1 aromatic rings. The minimum Gasteiger partial charge on any atom is -0.252 e. The van der Waals surface area contributed by atoms with Crippen LogP contribution in [0.25, 0.3) is 0 Å². The van der Waals surface area contributed by atoms with Crippen molar-refractivity contribution in [3.05, 3.63) is 17.5 Å². The summed E-state index contributed by atoms with van der Waals surface area (Å²) in [5.74, 6) is 0.454. The molecule has 1 aliphatic rings. The lowest BCUT2D eigenvalue weighted by molar-refractivity contribution is 0.452. The van der Waals surface area contributed by atoms with Crippen LogP contribution in [-0.4, -0.2) is 36.1 Å². The topological polar surface area (TPSA) is 55.2 Å². The number of rotatable bonds is 1. The van der Waals surface area contributed by atoms with Crippen LogP contribution in [0.1, 0.15) is 44.0 Å². The Morgan fingerprint density at radius 3 is 2.71 bits per heavy atom. The van der Waals surface area contributed by atoms with Crippen molar-refractivity contribution < 1.29 is 8.42 Å². The van der Waals surface area contributed by atoms with Crippen molar-refractivity contribution in [2.75, 3.05) is 13.6 Å². The Labute approximate surface area is 102 Å². The number of hydrogen-bond donors (Lipinski definition) is 0. The lowest BCUT2D eigenvalue weighted by atomic mass is 10.1. The summed E-state index contributed by atoms with van der Waals surface area (Å²) in [5, 5.41) is 4.40. The molecule has 5 nitrogen and oxygen atoms in total. The molecule has 96 valence electrons. The minimum atomic E-state index is -3.22. The van der Waals surface area contributed by atoms with Crippen LogP contribution in [0.3, 0.4) is 0 Å². The molecule has 2 heterocycles. The molecule has 0 bridgehead atoms.